The van der Waals surface area contributed by atoms with E-state index in [2.05, 4.69) is 15.6 Å². The lowest BCUT2D eigenvalue weighted by Crippen LogP contribution is -2.39. The summed E-state index contributed by atoms with van der Waals surface area (Å²) in [6.45, 7) is 11.4. The highest BCUT2D eigenvalue weighted by Crippen LogP contribution is 2.19. The van der Waals surface area contributed by atoms with Crippen LogP contribution in [0.3, 0.4) is 0 Å². The molecule has 0 spiro atoms. The molecule has 0 aromatic carbocycles. The zero-order valence-corrected chi connectivity index (χ0v) is 13.1. The van der Waals surface area contributed by atoms with Crippen molar-refractivity contribution in [3.8, 4) is 0 Å². The zero-order valence-electron chi connectivity index (χ0n) is 13.1. The number of aryl methyl sites for hydroxylation is 1. The molecule has 1 amide bonds. The van der Waals surface area contributed by atoms with Crippen LogP contribution >= 0.6 is 0 Å². The Morgan fingerprint density at radius 2 is 1.90 bits per heavy atom. The van der Waals surface area contributed by atoms with Gasteiger partial charge in [-0.15, -0.1) is 0 Å². The summed E-state index contributed by atoms with van der Waals surface area (Å²) in [6, 6.07) is 3.48. The number of aliphatic hydroxyl groups excluding tert-OH is 1. The highest BCUT2D eigenvalue weighted by molar-refractivity contribution is 5.91. The van der Waals surface area contributed by atoms with Gasteiger partial charge in [-0.3, -0.25) is 10.1 Å². The standard InChI is InChI=1S/C15H25N3O2/c1-9(2)13(19)17-12-8-7-11(10(3)16-12)14(20)18-15(4,5)6/h7-9,14,18,20H,1-6H3,(H,16,17,19)/t14-/m1/s1. The van der Waals surface area contributed by atoms with Gasteiger partial charge in [-0.1, -0.05) is 13.8 Å². The van der Waals surface area contributed by atoms with Crippen molar-refractivity contribution in [2.75, 3.05) is 5.32 Å². The second-order valence-corrected chi connectivity index (χ2v) is 6.31. The third kappa shape index (κ3) is 4.90. The second kappa shape index (κ2) is 6.33. The van der Waals surface area contributed by atoms with Crippen molar-refractivity contribution < 1.29 is 9.90 Å². The van der Waals surface area contributed by atoms with E-state index in [1.807, 2.05) is 41.5 Å². The highest BCUT2D eigenvalue weighted by Gasteiger charge is 2.19. The van der Waals surface area contributed by atoms with Crippen molar-refractivity contribution in [1.29, 1.82) is 0 Å². The van der Waals surface area contributed by atoms with E-state index in [9.17, 15) is 9.90 Å². The van der Waals surface area contributed by atoms with Crippen LogP contribution in [-0.4, -0.2) is 21.5 Å². The number of nitrogens with zero attached hydrogens (tertiary/aromatic N) is 1. The van der Waals surface area contributed by atoms with E-state index >= 15 is 0 Å². The molecular formula is C15H25N3O2. The van der Waals surface area contributed by atoms with Crippen LogP contribution in [-0.2, 0) is 4.79 Å². The highest BCUT2D eigenvalue weighted by atomic mass is 16.3. The van der Waals surface area contributed by atoms with E-state index in [1.54, 1.807) is 12.1 Å². The molecule has 0 saturated carbocycles. The summed E-state index contributed by atoms with van der Waals surface area (Å²) in [5.74, 6) is 0.343. The quantitative estimate of drug-likeness (QED) is 0.740. The maximum atomic E-state index is 11.6. The topological polar surface area (TPSA) is 74.2 Å². The number of carbonyl (C=O) groups excluding carboxylic acids is 1. The summed E-state index contributed by atoms with van der Waals surface area (Å²) < 4.78 is 0. The van der Waals surface area contributed by atoms with Gasteiger partial charge < -0.3 is 10.4 Å². The van der Waals surface area contributed by atoms with E-state index in [1.165, 1.54) is 0 Å². The number of hydrogen-bond acceptors (Lipinski definition) is 4. The van der Waals surface area contributed by atoms with Crippen LogP contribution in [0.2, 0.25) is 0 Å². The molecule has 1 aromatic rings. The minimum atomic E-state index is -0.780. The number of aliphatic hydroxyl groups is 1. The Morgan fingerprint density at radius 3 is 2.35 bits per heavy atom. The number of anilines is 1. The van der Waals surface area contributed by atoms with E-state index in [0.29, 0.717) is 17.1 Å². The molecule has 0 saturated heterocycles. The van der Waals surface area contributed by atoms with Crippen molar-refractivity contribution >= 4 is 11.7 Å². The Labute approximate surface area is 120 Å². The number of aromatic nitrogens is 1. The first-order valence-electron chi connectivity index (χ1n) is 6.84. The van der Waals surface area contributed by atoms with Gasteiger partial charge in [0.05, 0.1) is 0 Å². The predicted molar refractivity (Wildman–Crippen MR) is 80.3 cm³/mol. The van der Waals surface area contributed by atoms with Gasteiger partial charge in [-0.2, -0.15) is 0 Å². The molecule has 0 fully saturated rings. The molecular weight excluding hydrogens is 254 g/mol. The Morgan fingerprint density at radius 1 is 1.30 bits per heavy atom. The molecule has 0 radical (unpaired) electrons. The van der Waals surface area contributed by atoms with Crippen molar-refractivity contribution in [2.24, 2.45) is 5.92 Å². The lowest BCUT2D eigenvalue weighted by atomic mass is 10.1. The lowest BCUT2D eigenvalue weighted by molar-refractivity contribution is -0.118. The van der Waals surface area contributed by atoms with Gasteiger partial charge in [0, 0.05) is 22.7 Å². The maximum Gasteiger partial charge on any atom is 0.228 e. The Kier molecular flexibility index (Phi) is 5.25. The number of pyridine rings is 1. The van der Waals surface area contributed by atoms with Crippen molar-refractivity contribution in [2.45, 2.75) is 53.3 Å². The van der Waals surface area contributed by atoms with Crippen LogP contribution in [0.1, 0.15) is 52.1 Å². The first kappa shape index (κ1) is 16.6. The molecule has 5 nitrogen and oxygen atoms in total. The number of rotatable bonds is 4. The van der Waals surface area contributed by atoms with Gasteiger partial charge >= 0.3 is 0 Å². The average molecular weight is 279 g/mol. The number of nitrogens with one attached hydrogen (secondary N) is 2. The molecule has 1 aromatic heterocycles. The molecule has 1 atom stereocenters. The fraction of sp³-hybridized carbons (Fsp3) is 0.600. The first-order chi connectivity index (χ1) is 9.10. The van der Waals surface area contributed by atoms with Crippen LogP contribution in [0.5, 0.6) is 0 Å². The molecule has 0 bridgehead atoms. The minimum absolute atomic E-state index is 0.0713. The molecule has 0 aliphatic rings. The lowest BCUT2D eigenvalue weighted by Gasteiger charge is -2.26. The molecule has 5 heteroatoms. The van der Waals surface area contributed by atoms with Crippen LogP contribution in [0.4, 0.5) is 5.82 Å². The van der Waals surface area contributed by atoms with E-state index in [4.69, 9.17) is 0 Å². The third-order valence-corrected chi connectivity index (χ3v) is 2.77. The van der Waals surface area contributed by atoms with Crippen LogP contribution in [0.25, 0.3) is 0 Å². The maximum absolute atomic E-state index is 11.6. The third-order valence-electron chi connectivity index (χ3n) is 2.77. The van der Waals surface area contributed by atoms with Crippen molar-refractivity contribution in [3.05, 3.63) is 23.4 Å². The van der Waals surface area contributed by atoms with Crippen LogP contribution < -0.4 is 10.6 Å². The normalized spacial score (nSPS) is 13.4. The van der Waals surface area contributed by atoms with Crippen molar-refractivity contribution in [1.82, 2.24) is 10.3 Å². The number of hydrogen-bond donors (Lipinski definition) is 3. The summed E-state index contributed by atoms with van der Waals surface area (Å²) in [4.78, 5) is 15.9. The summed E-state index contributed by atoms with van der Waals surface area (Å²) >= 11 is 0. The summed E-state index contributed by atoms with van der Waals surface area (Å²) in [5, 5.41) is 16.0. The summed E-state index contributed by atoms with van der Waals surface area (Å²) in [6.07, 6.45) is -0.780. The predicted octanol–water partition coefficient (Wildman–Crippen LogP) is 2.36. The molecule has 112 valence electrons. The fourth-order valence-electron chi connectivity index (χ4n) is 1.69. The molecule has 3 N–H and O–H groups in total. The Hall–Kier alpha value is -1.46. The van der Waals surface area contributed by atoms with Gasteiger partial charge in [-0.25, -0.2) is 4.98 Å². The van der Waals surface area contributed by atoms with Gasteiger partial charge in [0.25, 0.3) is 0 Å². The zero-order chi connectivity index (χ0) is 15.5. The van der Waals surface area contributed by atoms with Crippen LogP contribution in [0.15, 0.2) is 12.1 Å². The molecule has 0 aliphatic heterocycles. The average Bonchev–Trinajstić information content (AvgIpc) is 2.26. The van der Waals surface area contributed by atoms with Gasteiger partial charge in [0.1, 0.15) is 12.0 Å². The van der Waals surface area contributed by atoms with E-state index in [0.717, 1.165) is 0 Å². The Bertz CT molecular complexity index is 478. The summed E-state index contributed by atoms with van der Waals surface area (Å²) in [7, 11) is 0. The fourth-order valence-corrected chi connectivity index (χ4v) is 1.69. The van der Waals surface area contributed by atoms with Gasteiger partial charge in [0.15, 0.2) is 0 Å². The Balaban J connectivity index is 2.85. The minimum Gasteiger partial charge on any atom is -0.374 e. The van der Waals surface area contributed by atoms with Gasteiger partial charge in [0.2, 0.25) is 5.91 Å². The largest absolute Gasteiger partial charge is 0.374 e. The molecule has 0 aliphatic carbocycles. The monoisotopic (exact) mass is 279 g/mol. The van der Waals surface area contributed by atoms with Crippen molar-refractivity contribution in [3.63, 3.8) is 0 Å². The molecule has 20 heavy (non-hydrogen) atoms. The van der Waals surface area contributed by atoms with Gasteiger partial charge in [-0.05, 0) is 39.8 Å². The van der Waals surface area contributed by atoms with E-state index in [-0.39, 0.29) is 17.4 Å². The van der Waals surface area contributed by atoms with Crippen LogP contribution in [0, 0.1) is 12.8 Å². The molecule has 1 heterocycles. The van der Waals surface area contributed by atoms with E-state index < -0.39 is 6.23 Å². The first-order valence-corrected chi connectivity index (χ1v) is 6.84. The number of carbonyl (C=O) groups is 1. The molecule has 0 unspecified atom stereocenters. The molecule has 1 rings (SSSR count). The second-order valence-electron chi connectivity index (χ2n) is 6.31. The smallest absolute Gasteiger partial charge is 0.228 e. The number of amides is 1. The SMILES string of the molecule is Cc1nc(NC(=O)C(C)C)ccc1[C@@H](O)NC(C)(C)C. The summed E-state index contributed by atoms with van der Waals surface area (Å²) in [5.41, 5.74) is 1.20.